The first kappa shape index (κ1) is 18.8. The summed E-state index contributed by atoms with van der Waals surface area (Å²) in [6.45, 7) is 5.21. The van der Waals surface area contributed by atoms with Gasteiger partial charge >= 0.3 is 5.97 Å². The van der Waals surface area contributed by atoms with Gasteiger partial charge in [-0.3, -0.25) is 4.79 Å². The van der Waals surface area contributed by atoms with E-state index in [1.54, 1.807) is 30.3 Å². The van der Waals surface area contributed by atoms with Crippen molar-refractivity contribution >= 4 is 29.2 Å². The van der Waals surface area contributed by atoms with Gasteiger partial charge in [0.05, 0.1) is 7.11 Å². The number of amides is 1. The van der Waals surface area contributed by atoms with Crippen LogP contribution in [0.15, 0.2) is 36.4 Å². The molecule has 0 radical (unpaired) electrons. The number of aryl methyl sites for hydroxylation is 2. The lowest BCUT2D eigenvalue weighted by atomic mass is 10.1. The summed E-state index contributed by atoms with van der Waals surface area (Å²) in [6.07, 6.45) is -0.976. The minimum atomic E-state index is -0.976. The number of carbonyl (C=O) groups is 2. The minimum Gasteiger partial charge on any atom is -0.496 e. The Morgan fingerprint density at radius 3 is 2.52 bits per heavy atom. The Hall–Kier alpha value is -2.53. The zero-order valence-electron chi connectivity index (χ0n) is 14.6. The number of hydrogen-bond donors (Lipinski definition) is 1. The molecule has 1 amide bonds. The Morgan fingerprint density at radius 2 is 1.84 bits per heavy atom. The second kappa shape index (κ2) is 8.03. The molecule has 2 aromatic carbocycles. The summed E-state index contributed by atoms with van der Waals surface area (Å²) in [5.41, 5.74) is 2.60. The van der Waals surface area contributed by atoms with Crippen LogP contribution in [0.3, 0.4) is 0 Å². The molecule has 0 spiro atoms. The van der Waals surface area contributed by atoms with Crippen molar-refractivity contribution in [2.45, 2.75) is 26.9 Å². The molecule has 1 atom stereocenters. The Morgan fingerprint density at radius 1 is 1.12 bits per heavy atom. The van der Waals surface area contributed by atoms with Crippen LogP contribution in [-0.2, 0) is 9.53 Å². The lowest BCUT2D eigenvalue weighted by Gasteiger charge is -2.16. The topological polar surface area (TPSA) is 64.6 Å². The molecule has 0 saturated carbocycles. The molecule has 0 unspecified atom stereocenters. The van der Waals surface area contributed by atoms with Crippen LogP contribution in [0.5, 0.6) is 5.75 Å². The predicted octanol–water partition coefficient (Wildman–Crippen LogP) is 4.15. The van der Waals surface area contributed by atoms with Gasteiger partial charge in [0.2, 0.25) is 0 Å². The maximum atomic E-state index is 12.4. The van der Waals surface area contributed by atoms with Crippen molar-refractivity contribution in [2.75, 3.05) is 12.4 Å². The number of halogens is 1. The highest BCUT2D eigenvalue weighted by Gasteiger charge is 2.22. The standard InChI is InChI=1S/C19H20ClNO4/c1-11-5-8-17(24-4)15(9-11)19(23)25-13(3)18(22)21-16-10-14(20)7-6-12(16)2/h5-10,13H,1-4H3,(H,21,22)/t13-/m0/s1. The summed E-state index contributed by atoms with van der Waals surface area (Å²) in [5, 5.41) is 3.23. The van der Waals surface area contributed by atoms with Gasteiger partial charge in [0, 0.05) is 10.7 Å². The number of hydrogen-bond acceptors (Lipinski definition) is 4. The Labute approximate surface area is 151 Å². The first-order valence-electron chi connectivity index (χ1n) is 7.74. The highest BCUT2D eigenvalue weighted by atomic mass is 35.5. The van der Waals surface area contributed by atoms with Gasteiger partial charge in [0.25, 0.3) is 5.91 Å². The molecule has 1 N–H and O–H groups in total. The van der Waals surface area contributed by atoms with Crippen molar-refractivity contribution in [3.05, 3.63) is 58.1 Å². The molecule has 2 aromatic rings. The molecule has 25 heavy (non-hydrogen) atoms. The summed E-state index contributed by atoms with van der Waals surface area (Å²) < 4.78 is 10.4. The molecule has 0 aliphatic carbocycles. The molecule has 0 aliphatic heterocycles. The van der Waals surface area contributed by atoms with E-state index in [0.717, 1.165) is 11.1 Å². The lowest BCUT2D eigenvalue weighted by molar-refractivity contribution is -0.123. The smallest absolute Gasteiger partial charge is 0.342 e. The second-order valence-corrected chi connectivity index (χ2v) is 6.14. The average Bonchev–Trinajstić information content (AvgIpc) is 2.57. The zero-order chi connectivity index (χ0) is 18.6. The summed E-state index contributed by atoms with van der Waals surface area (Å²) >= 11 is 5.94. The van der Waals surface area contributed by atoms with Gasteiger partial charge in [-0.25, -0.2) is 4.79 Å². The average molecular weight is 362 g/mol. The highest BCUT2D eigenvalue weighted by Crippen LogP contribution is 2.22. The van der Waals surface area contributed by atoms with Gasteiger partial charge in [-0.2, -0.15) is 0 Å². The number of anilines is 1. The fourth-order valence-electron chi connectivity index (χ4n) is 2.22. The zero-order valence-corrected chi connectivity index (χ0v) is 15.3. The molecule has 0 fully saturated rings. The maximum absolute atomic E-state index is 12.4. The van der Waals surface area contributed by atoms with Crippen molar-refractivity contribution in [3.8, 4) is 5.75 Å². The van der Waals surface area contributed by atoms with Crippen molar-refractivity contribution in [1.29, 1.82) is 0 Å². The van der Waals surface area contributed by atoms with Crippen molar-refractivity contribution in [3.63, 3.8) is 0 Å². The Balaban J connectivity index is 2.09. The van der Waals surface area contributed by atoms with E-state index in [1.807, 2.05) is 19.9 Å². The van der Waals surface area contributed by atoms with Gasteiger partial charge in [-0.1, -0.05) is 29.3 Å². The lowest BCUT2D eigenvalue weighted by Crippen LogP contribution is -2.30. The highest BCUT2D eigenvalue weighted by molar-refractivity contribution is 6.31. The number of methoxy groups -OCH3 is 1. The van der Waals surface area contributed by atoms with Crippen LogP contribution in [0, 0.1) is 13.8 Å². The quantitative estimate of drug-likeness (QED) is 0.812. The third-order valence-corrected chi connectivity index (χ3v) is 3.92. The molecule has 0 bridgehead atoms. The van der Waals surface area contributed by atoms with E-state index in [9.17, 15) is 9.59 Å². The molecule has 6 heteroatoms. The number of nitrogens with one attached hydrogen (secondary N) is 1. The molecule has 0 heterocycles. The van der Waals surface area contributed by atoms with Crippen LogP contribution in [0.2, 0.25) is 5.02 Å². The molecular weight excluding hydrogens is 342 g/mol. The number of benzene rings is 2. The van der Waals surface area contributed by atoms with E-state index >= 15 is 0 Å². The van der Waals surface area contributed by atoms with Crippen LogP contribution < -0.4 is 10.1 Å². The van der Waals surface area contributed by atoms with E-state index in [-0.39, 0.29) is 5.56 Å². The molecular formula is C19H20ClNO4. The fraction of sp³-hybridized carbons (Fsp3) is 0.263. The summed E-state index contributed by atoms with van der Waals surface area (Å²) in [4.78, 5) is 24.7. The largest absolute Gasteiger partial charge is 0.496 e. The van der Waals surface area contributed by atoms with E-state index < -0.39 is 18.0 Å². The monoisotopic (exact) mass is 361 g/mol. The van der Waals surface area contributed by atoms with Crippen molar-refractivity contribution in [1.82, 2.24) is 0 Å². The van der Waals surface area contributed by atoms with Gasteiger partial charge in [0.1, 0.15) is 11.3 Å². The number of ether oxygens (including phenoxy) is 2. The van der Waals surface area contributed by atoms with Gasteiger partial charge in [-0.05, 0) is 50.6 Å². The molecule has 5 nitrogen and oxygen atoms in total. The molecule has 132 valence electrons. The fourth-order valence-corrected chi connectivity index (χ4v) is 2.39. The first-order chi connectivity index (χ1) is 11.8. The molecule has 0 saturated heterocycles. The van der Waals surface area contributed by atoms with E-state index in [0.29, 0.717) is 16.5 Å². The SMILES string of the molecule is COc1ccc(C)cc1C(=O)O[C@@H](C)C(=O)Nc1cc(Cl)ccc1C. The van der Waals surface area contributed by atoms with Gasteiger partial charge in [0.15, 0.2) is 6.10 Å². The third kappa shape index (κ3) is 4.73. The summed E-state index contributed by atoms with van der Waals surface area (Å²) in [5.74, 6) is -0.662. The van der Waals surface area contributed by atoms with Crippen LogP contribution in [0.25, 0.3) is 0 Å². The molecule has 0 aliphatic rings. The van der Waals surface area contributed by atoms with Gasteiger partial charge < -0.3 is 14.8 Å². The normalized spacial score (nSPS) is 11.6. The number of esters is 1. The maximum Gasteiger partial charge on any atom is 0.342 e. The first-order valence-corrected chi connectivity index (χ1v) is 8.12. The Bertz CT molecular complexity index is 804. The molecule has 0 aromatic heterocycles. The number of carbonyl (C=O) groups excluding carboxylic acids is 2. The van der Waals surface area contributed by atoms with Crippen LogP contribution in [-0.4, -0.2) is 25.1 Å². The third-order valence-electron chi connectivity index (χ3n) is 3.69. The van der Waals surface area contributed by atoms with Crippen LogP contribution in [0.4, 0.5) is 5.69 Å². The molecule has 2 rings (SSSR count). The predicted molar refractivity (Wildman–Crippen MR) is 97.4 cm³/mol. The van der Waals surface area contributed by atoms with Crippen LogP contribution >= 0.6 is 11.6 Å². The van der Waals surface area contributed by atoms with E-state index in [4.69, 9.17) is 21.1 Å². The van der Waals surface area contributed by atoms with Gasteiger partial charge in [-0.15, -0.1) is 0 Å². The minimum absolute atomic E-state index is 0.279. The van der Waals surface area contributed by atoms with Crippen molar-refractivity contribution < 1.29 is 19.1 Å². The van der Waals surface area contributed by atoms with E-state index in [2.05, 4.69) is 5.32 Å². The van der Waals surface area contributed by atoms with Crippen molar-refractivity contribution in [2.24, 2.45) is 0 Å². The van der Waals surface area contributed by atoms with Crippen LogP contribution in [0.1, 0.15) is 28.4 Å². The number of rotatable bonds is 5. The van der Waals surface area contributed by atoms with E-state index in [1.165, 1.54) is 14.0 Å². The Kier molecular flexibility index (Phi) is 6.04. The summed E-state index contributed by atoms with van der Waals surface area (Å²) in [7, 11) is 1.47. The summed E-state index contributed by atoms with van der Waals surface area (Å²) in [6, 6.07) is 10.4. The second-order valence-electron chi connectivity index (χ2n) is 5.70.